The number of anilines is 1. The van der Waals surface area contributed by atoms with Crippen LogP contribution in [0, 0.1) is 24.0 Å². The number of nitro groups is 1. The van der Waals surface area contributed by atoms with Crippen molar-refractivity contribution < 1.29 is 28.8 Å². The molecule has 35 heavy (non-hydrogen) atoms. The fraction of sp³-hybridized carbons (Fsp3) is 0.125. The van der Waals surface area contributed by atoms with Gasteiger partial charge in [-0.15, -0.1) is 0 Å². The largest absolute Gasteiger partial charge is 0.454 e. The van der Waals surface area contributed by atoms with E-state index in [1.54, 1.807) is 31.2 Å². The summed E-state index contributed by atoms with van der Waals surface area (Å²) in [4.78, 5) is 49.7. The van der Waals surface area contributed by atoms with Gasteiger partial charge in [0.15, 0.2) is 11.5 Å². The topological polar surface area (TPSA) is 133 Å². The van der Waals surface area contributed by atoms with Gasteiger partial charge in [0.25, 0.3) is 17.5 Å². The van der Waals surface area contributed by atoms with Gasteiger partial charge in [0, 0.05) is 35.3 Å². The molecule has 11 nitrogen and oxygen atoms in total. The monoisotopic (exact) mass is 474 g/mol. The van der Waals surface area contributed by atoms with Crippen LogP contribution in [0.4, 0.5) is 16.2 Å². The van der Waals surface area contributed by atoms with Crippen molar-refractivity contribution in [3.05, 3.63) is 81.2 Å². The standard InChI is InChI=1S/C24H18N4O7/c1-13-9-15(14(2)26(13)16-3-5-17(6-4-16)28(32)33)10-19-22(29)25-24(31)27(23(19)30)18-7-8-20-21(11-18)35-12-34-20/h3-11H,12H2,1-2H3,(H,25,29,31)/b19-10-. The molecule has 1 N–H and O–H groups in total. The molecule has 0 spiro atoms. The van der Waals surface area contributed by atoms with Crippen molar-refractivity contribution in [3.8, 4) is 17.2 Å². The number of urea groups is 1. The Bertz CT molecular complexity index is 1450. The summed E-state index contributed by atoms with van der Waals surface area (Å²) in [6, 6.07) is 11.6. The van der Waals surface area contributed by atoms with Gasteiger partial charge < -0.3 is 14.0 Å². The first-order valence-electron chi connectivity index (χ1n) is 10.5. The van der Waals surface area contributed by atoms with Gasteiger partial charge in [0.1, 0.15) is 5.57 Å². The van der Waals surface area contributed by atoms with Crippen molar-refractivity contribution >= 4 is 35.3 Å². The molecule has 0 atom stereocenters. The molecule has 2 aliphatic heterocycles. The van der Waals surface area contributed by atoms with E-state index < -0.39 is 22.8 Å². The number of imide groups is 2. The number of carbonyl (C=O) groups is 3. The summed E-state index contributed by atoms with van der Waals surface area (Å²) in [6.45, 7) is 3.67. The number of aryl methyl sites for hydroxylation is 1. The molecule has 2 aliphatic rings. The number of amides is 4. The second-order valence-electron chi connectivity index (χ2n) is 7.93. The molecule has 1 aromatic heterocycles. The molecule has 2 aromatic carbocycles. The second kappa shape index (κ2) is 8.13. The Balaban J connectivity index is 1.51. The lowest BCUT2D eigenvalue weighted by atomic mass is 10.1. The predicted octanol–water partition coefficient (Wildman–Crippen LogP) is 3.40. The number of nitro benzene ring substituents is 1. The minimum Gasteiger partial charge on any atom is -0.454 e. The Morgan fingerprint density at radius 2 is 1.66 bits per heavy atom. The maximum atomic E-state index is 13.3. The minimum atomic E-state index is -0.868. The number of nitrogens with one attached hydrogen (secondary N) is 1. The zero-order valence-electron chi connectivity index (χ0n) is 18.6. The average Bonchev–Trinajstić information content (AvgIpc) is 3.39. The highest BCUT2D eigenvalue weighted by Crippen LogP contribution is 2.36. The van der Waals surface area contributed by atoms with Crippen molar-refractivity contribution in [3.63, 3.8) is 0 Å². The molecular weight excluding hydrogens is 456 g/mol. The first-order chi connectivity index (χ1) is 16.7. The number of non-ortho nitro benzene ring substituents is 1. The van der Waals surface area contributed by atoms with E-state index in [1.165, 1.54) is 30.3 Å². The summed E-state index contributed by atoms with van der Waals surface area (Å²) in [5.41, 5.74) is 2.74. The Labute approximate surface area is 198 Å². The number of rotatable bonds is 4. The van der Waals surface area contributed by atoms with Crippen LogP contribution >= 0.6 is 0 Å². The molecule has 1 fully saturated rings. The quantitative estimate of drug-likeness (QED) is 0.265. The van der Waals surface area contributed by atoms with Crippen LogP contribution in [0.2, 0.25) is 0 Å². The third-order valence-electron chi connectivity index (χ3n) is 5.80. The van der Waals surface area contributed by atoms with Gasteiger partial charge in [-0.3, -0.25) is 25.0 Å². The van der Waals surface area contributed by atoms with Gasteiger partial charge in [-0.25, -0.2) is 9.69 Å². The second-order valence-corrected chi connectivity index (χ2v) is 7.93. The molecule has 0 unspecified atom stereocenters. The first kappa shape index (κ1) is 21.9. The maximum Gasteiger partial charge on any atom is 0.335 e. The van der Waals surface area contributed by atoms with Crippen LogP contribution in [-0.4, -0.2) is 34.1 Å². The molecule has 11 heteroatoms. The van der Waals surface area contributed by atoms with E-state index >= 15 is 0 Å². The van der Waals surface area contributed by atoms with E-state index in [1.807, 2.05) is 11.5 Å². The summed E-state index contributed by atoms with van der Waals surface area (Å²) >= 11 is 0. The summed E-state index contributed by atoms with van der Waals surface area (Å²) < 4.78 is 12.4. The molecule has 5 rings (SSSR count). The lowest BCUT2D eigenvalue weighted by molar-refractivity contribution is -0.384. The van der Waals surface area contributed by atoms with Crippen LogP contribution in [-0.2, 0) is 9.59 Å². The zero-order valence-corrected chi connectivity index (χ0v) is 18.6. The highest BCUT2D eigenvalue weighted by molar-refractivity contribution is 6.39. The molecule has 0 aliphatic carbocycles. The van der Waals surface area contributed by atoms with Crippen molar-refractivity contribution in [2.45, 2.75) is 13.8 Å². The molecule has 176 valence electrons. The summed E-state index contributed by atoms with van der Waals surface area (Å²) in [6.07, 6.45) is 1.42. The Morgan fingerprint density at radius 1 is 0.971 bits per heavy atom. The van der Waals surface area contributed by atoms with Gasteiger partial charge in [-0.05, 0) is 55.8 Å². The molecule has 0 bridgehead atoms. The molecule has 0 saturated carbocycles. The van der Waals surface area contributed by atoms with E-state index in [0.717, 1.165) is 10.6 Å². The first-order valence-corrected chi connectivity index (χ1v) is 10.5. The van der Waals surface area contributed by atoms with Crippen molar-refractivity contribution in [1.82, 2.24) is 9.88 Å². The van der Waals surface area contributed by atoms with Gasteiger partial charge in [0.05, 0.1) is 10.6 Å². The van der Waals surface area contributed by atoms with Crippen LogP contribution in [0.1, 0.15) is 17.0 Å². The van der Waals surface area contributed by atoms with Crippen LogP contribution in [0.5, 0.6) is 11.5 Å². The molecule has 0 radical (unpaired) electrons. The number of nitrogens with zero attached hydrogens (tertiary/aromatic N) is 3. The SMILES string of the molecule is Cc1cc(/C=C2/C(=O)NC(=O)N(c3ccc4c(c3)OCO4)C2=O)c(C)n1-c1ccc([N+](=O)[O-])cc1. The summed E-state index contributed by atoms with van der Waals surface area (Å²) in [7, 11) is 0. The van der Waals surface area contributed by atoms with E-state index in [4.69, 9.17) is 9.47 Å². The molecular formula is C24H18N4O7. The fourth-order valence-electron chi connectivity index (χ4n) is 4.13. The predicted molar refractivity (Wildman–Crippen MR) is 123 cm³/mol. The van der Waals surface area contributed by atoms with Crippen molar-refractivity contribution in [2.75, 3.05) is 11.7 Å². The highest BCUT2D eigenvalue weighted by atomic mass is 16.7. The zero-order chi connectivity index (χ0) is 24.9. The van der Waals surface area contributed by atoms with Crippen molar-refractivity contribution in [2.24, 2.45) is 0 Å². The normalized spacial score (nSPS) is 16.1. The number of hydrogen-bond donors (Lipinski definition) is 1. The van der Waals surface area contributed by atoms with E-state index in [0.29, 0.717) is 28.4 Å². The van der Waals surface area contributed by atoms with Gasteiger partial charge in [0.2, 0.25) is 6.79 Å². The van der Waals surface area contributed by atoms with Crippen LogP contribution < -0.4 is 19.7 Å². The maximum absolute atomic E-state index is 13.3. The number of ether oxygens (including phenoxy) is 2. The average molecular weight is 474 g/mol. The number of fused-ring (bicyclic) bond motifs is 1. The van der Waals surface area contributed by atoms with Crippen LogP contribution in [0.15, 0.2) is 54.1 Å². The van der Waals surface area contributed by atoms with Gasteiger partial charge >= 0.3 is 6.03 Å². The summed E-state index contributed by atoms with van der Waals surface area (Å²) in [5, 5.41) is 13.2. The highest BCUT2D eigenvalue weighted by Gasteiger charge is 2.37. The van der Waals surface area contributed by atoms with Gasteiger partial charge in [-0.2, -0.15) is 0 Å². The van der Waals surface area contributed by atoms with Crippen molar-refractivity contribution in [1.29, 1.82) is 0 Å². The third kappa shape index (κ3) is 3.68. The lowest BCUT2D eigenvalue weighted by Gasteiger charge is -2.26. The van der Waals surface area contributed by atoms with E-state index in [9.17, 15) is 24.5 Å². The smallest absolute Gasteiger partial charge is 0.335 e. The summed E-state index contributed by atoms with van der Waals surface area (Å²) in [5.74, 6) is -0.712. The number of barbiturate groups is 1. The Morgan fingerprint density at radius 3 is 2.37 bits per heavy atom. The molecule has 3 heterocycles. The van der Waals surface area contributed by atoms with Crippen LogP contribution in [0.25, 0.3) is 11.8 Å². The van der Waals surface area contributed by atoms with E-state index in [-0.39, 0.29) is 23.7 Å². The third-order valence-corrected chi connectivity index (χ3v) is 5.80. The molecule has 4 amide bonds. The number of hydrogen-bond acceptors (Lipinski definition) is 7. The van der Waals surface area contributed by atoms with E-state index in [2.05, 4.69) is 5.32 Å². The fourth-order valence-corrected chi connectivity index (χ4v) is 4.13. The van der Waals surface area contributed by atoms with Crippen LogP contribution in [0.3, 0.4) is 0 Å². The molecule has 1 saturated heterocycles. The molecule has 3 aromatic rings. The number of aromatic nitrogens is 1. The Kier molecular flexibility index (Phi) is 5.09. The van der Waals surface area contributed by atoms with Gasteiger partial charge in [-0.1, -0.05) is 0 Å². The number of benzene rings is 2. The Hall–Kier alpha value is -4.93. The lowest BCUT2D eigenvalue weighted by Crippen LogP contribution is -2.54. The number of carbonyl (C=O) groups excluding carboxylic acids is 3. The minimum absolute atomic E-state index is 0.0312.